The molecule has 1 aromatic carbocycles. The van der Waals surface area contributed by atoms with E-state index in [9.17, 15) is 4.79 Å². The molecule has 5 heteroatoms. The minimum Gasteiger partial charge on any atom is -0.423 e. The second-order valence-corrected chi connectivity index (χ2v) is 4.04. The maximum atomic E-state index is 11.4. The molecule has 78 valence electrons. The van der Waals surface area contributed by atoms with E-state index in [0.29, 0.717) is 22.7 Å². The molecule has 0 aliphatic heterocycles. The van der Waals surface area contributed by atoms with E-state index in [2.05, 4.69) is 26.2 Å². The van der Waals surface area contributed by atoms with Gasteiger partial charge in [-0.3, -0.25) is 4.79 Å². The first-order valence-corrected chi connectivity index (χ1v) is 5.20. The number of nitrogens with zero attached hydrogens (tertiary/aromatic N) is 1. The van der Waals surface area contributed by atoms with Crippen LogP contribution in [0.3, 0.4) is 0 Å². The number of Topliss-reactive ketones (excluding diaryl/α,β-unsaturated/α-hetero) is 1. The molecule has 0 amide bonds. The normalized spacial score (nSPS) is 10.6. The smallest absolute Gasteiger partial charge is 0.295 e. The number of fused-ring (bicyclic) bond motifs is 1. The van der Waals surface area contributed by atoms with E-state index in [1.54, 1.807) is 13.1 Å². The number of carbonyl (C=O) groups excluding carboxylic acids is 1. The maximum absolute atomic E-state index is 11.4. The molecular formula is C10H9BrN2O2. The molecule has 0 bridgehead atoms. The highest BCUT2D eigenvalue weighted by molar-refractivity contribution is 9.10. The summed E-state index contributed by atoms with van der Waals surface area (Å²) in [4.78, 5) is 15.6. The molecule has 0 saturated carbocycles. The van der Waals surface area contributed by atoms with E-state index in [4.69, 9.17) is 4.42 Å². The highest BCUT2D eigenvalue weighted by Crippen LogP contribution is 2.26. The van der Waals surface area contributed by atoms with Crippen LogP contribution in [0, 0.1) is 0 Å². The van der Waals surface area contributed by atoms with Crippen LogP contribution in [0.25, 0.3) is 11.1 Å². The molecule has 15 heavy (non-hydrogen) atoms. The Morgan fingerprint density at radius 2 is 2.27 bits per heavy atom. The Kier molecular flexibility index (Phi) is 2.48. The number of anilines is 1. The first-order chi connectivity index (χ1) is 7.11. The molecule has 0 saturated heterocycles. The molecule has 0 fully saturated rings. The third kappa shape index (κ3) is 1.74. The van der Waals surface area contributed by atoms with Crippen molar-refractivity contribution in [1.29, 1.82) is 0 Å². The summed E-state index contributed by atoms with van der Waals surface area (Å²) in [5.41, 5.74) is 1.72. The average Bonchev–Trinajstić information content (AvgIpc) is 2.58. The zero-order valence-electron chi connectivity index (χ0n) is 8.30. The van der Waals surface area contributed by atoms with Crippen LogP contribution in [0.2, 0.25) is 0 Å². The van der Waals surface area contributed by atoms with E-state index in [1.807, 2.05) is 6.07 Å². The number of oxazole rings is 1. The first kappa shape index (κ1) is 10.2. The summed E-state index contributed by atoms with van der Waals surface area (Å²) in [5.74, 6) is -0.0416. The SMILES string of the molecule is CNc1nc2cc(Br)cc(C(C)=O)c2o1. The third-order valence-corrected chi connectivity index (χ3v) is 2.51. The fourth-order valence-electron chi connectivity index (χ4n) is 1.37. The highest BCUT2D eigenvalue weighted by Gasteiger charge is 2.13. The molecule has 1 N–H and O–H groups in total. The number of hydrogen-bond donors (Lipinski definition) is 1. The molecular weight excluding hydrogens is 260 g/mol. The zero-order valence-corrected chi connectivity index (χ0v) is 9.88. The van der Waals surface area contributed by atoms with Crippen LogP contribution < -0.4 is 5.32 Å². The Morgan fingerprint density at radius 3 is 2.87 bits per heavy atom. The minimum atomic E-state index is -0.0416. The molecule has 1 aromatic heterocycles. The first-order valence-electron chi connectivity index (χ1n) is 4.40. The Morgan fingerprint density at radius 1 is 1.53 bits per heavy atom. The molecule has 0 spiro atoms. The molecule has 2 aromatic rings. The van der Waals surface area contributed by atoms with Gasteiger partial charge in [0.05, 0.1) is 5.56 Å². The van der Waals surface area contributed by atoms with Crippen LogP contribution in [0.1, 0.15) is 17.3 Å². The summed E-state index contributed by atoms with van der Waals surface area (Å²) in [6.45, 7) is 1.50. The molecule has 4 nitrogen and oxygen atoms in total. The summed E-state index contributed by atoms with van der Waals surface area (Å²) in [6.07, 6.45) is 0. The number of aromatic nitrogens is 1. The van der Waals surface area contributed by atoms with Gasteiger partial charge >= 0.3 is 0 Å². The van der Waals surface area contributed by atoms with Gasteiger partial charge in [0.15, 0.2) is 11.4 Å². The predicted octanol–water partition coefficient (Wildman–Crippen LogP) is 2.83. The average molecular weight is 269 g/mol. The van der Waals surface area contributed by atoms with E-state index in [1.165, 1.54) is 6.92 Å². The lowest BCUT2D eigenvalue weighted by Gasteiger charge is -1.96. The molecule has 1 heterocycles. The largest absolute Gasteiger partial charge is 0.423 e. The number of rotatable bonds is 2. The summed E-state index contributed by atoms with van der Waals surface area (Å²) < 4.78 is 6.22. The van der Waals surface area contributed by atoms with Crippen molar-refractivity contribution in [3.8, 4) is 0 Å². The van der Waals surface area contributed by atoms with Crippen molar-refractivity contribution < 1.29 is 9.21 Å². The Bertz CT molecular complexity index is 533. The molecule has 0 aliphatic rings. The van der Waals surface area contributed by atoms with Gasteiger partial charge in [-0.25, -0.2) is 0 Å². The Hall–Kier alpha value is -1.36. The van der Waals surface area contributed by atoms with Gasteiger partial charge in [0.25, 0.3) is 6.01 Å². The predicted molar refractivity (Wildman–Crippen MR) is 61.3 cm³/mol. The van der Waals surface area contributed by atoms with Crippen molar-refractivity contribution in [2.45, 2.75) is 6.92 Å². The van der Waals surface area contributed by atoms with Crippen LogP contribution in [0.4, 0.5) is 6.01 Å². The van der Waals surface area contributed by atoms with Crippen LogP contribution in [0.5, 0.6) is 0 Å². The van der Waals surface area contributed by atoms with Crippen LogP contribution in [-0.4, -0.2) is 17.8 Å². The lowest BCUT2D eigenvalue weighted by atomic mass is 10.1. The number of halogens is 1. The summed E-state index contributed by atoms with van der Waals surface area (Å²) in [7, 11) is 1.72. The Labute approximate surface area is 94.8 Å². The van der Waals surface area contributed by atoms with E-state index in [0.717, 1.165) is 4.47 Å². The standard InChI is InChI=1S/C10H9BrN2O2/c1-5(14)7-3-6(11)4-8-9(7)15-10(12-2)13-8/h3-4H,1-2H3,(H,12,13). The number of carbonyl (C=O) groups is 1. The lowest BCUT2D eigenvalue weighted by molar-refractivity contribution is 0.101. The fourth-order valence-corrected chi connectivity index (χ4v) is 1.81. The Balaban J connectivity index is 2.77. The van der Waals surface area contributed by atoms with Gasteiger partial charge < -0.3 is 9.73 Å². The molecule has 0 aliphatic carbocycles. The van der Waals surface area contributed by atoms with Crippen molar-refractivity contribution in [2.75, 3.05) is 12.4 Å². The van der Waals surface area contributed by atoms with Gasteiger partial charge in [-0.2, -0.15) is 4.98 Å². The third-order valence-electron chi connectivity index (χ3n) is 2.05. The maximum Gasteiger partial charge on any atom is 0.295 e. The van der Waals surface area contributed by atoms with E-state index in [-0.39, 0.29) is 5.78 Å². The summed E-state index contributed by atoms with van der Waals surface area (Å²) in [6, 6.07) is 3.95. The van der Waals surface area contributed by atoms with E-state index >= 15 is 0 Å². The second kappa shape index (κ2) is 3.66. The minimum absolute atomic E-state index is 0.0416. The summed E-state index contributed by atoms with van der Waals surface area (Å²) in [5, 5.41) is 2.80. The van der Waals surface area contributed by atoms with Crippen LogP contribution >= 0.6 is 15.9 Å². The quantitative estimate of drug-likeness (QED) is 0.852. The molecule has 2 rings (SSSR count). The van der Waals surface area contributed by atoms with Gasteiger partial charge in [-0.15, -0.1) is 0 Å². The van der Waals surface area contributed by atoms with E-state index < -0.39 is 0 Å². The number of nitrogens with one attached hydrogen (secondary N) is 1. The van der Waals surface area contributed by atoms with Gasteiger partial charge in [0.2, 0.25) is 0 Å². The van der Waals surface area contributed by atoms with Crippen molar-refractivity contribution in [1.82, 2.24) is 4.98 Å². The number of hydrogen-bond acceptors (Lipinski definition) is 4. The topological polar surface area (TPSA) is 55.1 Å². The highest BCUT2D eigenvalue weighted by atomic mass is 79.9. The monoisotopic (exact) mass is 268 g/mol. The van der Waals surface area contributed by atoms with Gasteiger partial charge in [0.1, 0.15) is 5.52 Å². The van der Waals surface area contributed by atoms with Crippen molar-refractivity contribution >= 4 is 38.8 Å². The van der Waals surface area contributed by atoms with Crippen molar-refractivity contribution in [2.24, 2.45) is 0 Å². The van der Waals surface area contributed by atoms with Gasteiger partial charge in [0, 0.05) is 11.5 Å². The zero-order chi connectivity index (χ0) is 11.0. The second-order valence-electron chi connectivity index (χ2n) is 3.13. The van der Waals surface area contributed by atoms with Crippen LogP contribution in [-0.2, 0) is 0 Å². The van der Waals surface area contributed by atoms with Gasteiger partial charge in [-0.05, 0) is 19.1 Å². The molecule has 0 unspecified atom stereocenters. The molecule has 0 atom stereocenters. The lowest BCUT2D eigenvalue weighted by Crippen LogP contribution is -1.92. The molecule has 0 radical (unpaired) electrons. The summed E-state index contributed by atoms with van der Waals surface area (Å²) >= 11 is 3.33. The van der Waals surface area contributed by atoms with Gasteiger partial charge in [-0.1, -0.05) is 15.9 Å². The fraction of sp³-hybridized carbons (Fsp3) is 0.200. The number of benzene rings is 1. The van der Waals surface area contributed by atoms with Crippen molar-refractivity contribution in [3.05, 3.63) is 22.2 Å². The van der Waals surface area contributed by atoms with Crippen molar-refractivity contribution in [3.63, 3.8) is 0 Å². The number of ketones is 1. The van der Waals surface area contributed by atoms with Crippen LogP contribution in [0.15, 0.2) is 21.0 Å².